The molecule has 1 amide bonds. The highest BCUT2D eigenvalue weighted by atomic mass is 32.2. The molecule has 0 saturated heterocycles. The molecule has 0 aliphatic carbocycles. The summed E-state index contributed by atoms with van der Waals surface area (Å²) >= 11 is 0. The Hall–Kier alpha value is -2.45. The second kappa shape index (κ2) is 7.89. The van der Waals surface area contributed by atoms with Crippen molar-refractivity contribution in [3.05, 3.63) is 59.9 Å². The van der Waals surface area contributed by atoms with Crippen molar-refractivity contribution in [1.29, 1.82) is 0 Å². The Labute approximate surface area is 138 Å². The average Bonchev–Trinajstić information content (AvgIpc) is 2.55. The van der Waals surface area contributed by atoms with E-state index in [-0.39, 0.29) is 17.2 Å². The molecule has 0 radical (unpaired) electrons. The van der Waals surface area contributed by atoms with Gasteiger partial charge in [-0.1, -0.05) is 30.3 Å². The number of nitrogens with one attached hydrogen (secondary N) is 1. The Morgan fingerprint density at radius 3 is 2.50 bits per heavy atom. The zero-order valence-electron chi connectivity index (χ0n) is 12.6. The summed E-state index contributed by atoms with van der Waals surface area (Å²) in [6.07, 6.45) is -0.858. The number of aliphatic hydroxyl groups excluding tert-OH is 1. The van der Waals surface area contributed by atoms with Crippen molar-refractivity contribution in [2.75, 3.05) is 17.7 Å². The maximum Gasteiger partial charge on any atom is 0.412 e. The van der Waals surface area contributed by atoms with Crippen LogP contribution in [0.25, 0.3) is 0 Å². The first-order chi connectivity index (χ1) is 11.4. The first-order valence-electron chi connectivity index (χ1n) is 7.03. The Balaban J connectivity index is 2.01. The number of sulfone groups is 1. The summed E-state index contributed by atoms with van der Waals surface area (Å²) < 4.78 is 42.4. The van der Waals surface area contributed by atoms with Gasteiger partial charge in [-0.15, -0.1) is 0 Å². The van der Waals surface area contributed by atoms with Crippen molar-refractivity contribution in [2.24, 2.45) is 0 Å². The number of ether oxygens (including phenoxy) is 1. The minimum absolute atomic E-state index is 0.0251. The predicted molar refractivity (Wildman–Crippen MR) is 85.8 cm³/mol. The number of hydrogen-bond donors (Lipinski definition) is 2. The maximum absolute atomic E-state index is 13.9. The largest absolute Gasteiger partial charge is 0.444 e. The summed E-state index contributed by atoms with van der Waals surface area (Å²) in [5, 5.41) is 10.9. The summed E-state index contributed by atoms with van der Waals surface area (Å²) in [4.78, 5) is 11.4. The Bertz CT molecular complexity index is 808. The SMILES string of the molecule is O=C(Nc1ccc(S(=O)(=O)CCO)cc1F)OCc1ccccc1. The number of halogens is 1. The fraction of sp³-hybridized carbons (Fsp3) is 0.188. The third kappa shape index (κ3) is 4.77. The van der Waals surface area contributed by atoms with Crippen LogP contribution in [-0.4, -0.2) is 32.0 Å². The lowest BCUT2D eigenvalue weighted by Crippen LogP contribution is -2.15. The highest BCUT2D eigenvalue weighted by molar-refractivity contribution is 7.91. The van der Waals surface area contributed by atoms with Gasteiger partial charge in [0, 0.05) is 0 Å². The van der Waals surface area contributed by atoms with Gasteiger partial charge in [0.25, 0.3) is 0 Å². The number of carbonyl (C=O) groups is 1. The van der Waals surface area contributed by atoms with Crippen molar-refractivity contribution >= 4 is 21.6 Å². The van der Waals surface area contributed by atoms with E-state index in [9.17, 15) is 17.6 Å². The van der Waals surface area contributed by atoms with E-state index in [1.807, 2.05) is 6.07 Å². The summed E-state index contributed by atoms with van der Waals surface area (Å²) in [6, 6.07) is 12.0. The summed E-state index contributed by atoms with van der Waals surface area (Å²) in [5.41, 5.74) is 0.578. The van der Waals surface area contributed by atoms with E-state index in [0.717, 1.165) is 23.8 Å². The number of carbonyl (C=O) groups excluding carboxylic acids is 1. The second-order valence-electron chi connectivity index (χ2n) is 4.87. The van der Waals surface area contributed by atoms with E-state index in [1.165, 1.54) is 0 Å². The molecule has 0 heterocycles. The average molecular weight is 353 g/mol. The zero-order chi connectivity index (χ0) is 17.6. The quantitative estimate of drug-likeness (QED) is 0.831. The molecule has 0 fully saturated rings. The molecule has 8 heteroatoms. The minimum Gasteiger partial charge on any atom is -0.444 e. The first-order valence-corrected chi connectivity index (χ1v) is 8.68. The molecular weight excluding hydrogens is 337 g/mol. The summed E-state index contributed by atoms with van der Waals surface area (Å²) in [6.45, 7) is -0.535. The number of hydrogen-bond acceptors (Lipinski definition) is 5. The molecule has 0 saturated carbocycles. The van der Waals surface area contributed by atoms with Crippen molar-refractivity contribution in [1.82, 2.24) is 0 Å². The Morgan fingerprint density at radius 1 is 1.17 bits per heavy atom. The van der Waals surface area contributed by atoms with Gasteiger partial charge in [0.2, 0.25) is 0 Å². The number of rotatable bonds is 6. The van der Waals surface area contributed by atoms with E-state index in [1.54, 1.807) is 24.3 Å². The summed E-state index contributed by atoms with van der Waals surface area (Å²) in [7, 11) is -3.76. The molecule has 2 aromatic rings. The molecule has 0 spiro atoms. The van der Waals surface area contributed by atoms with E-state index >= 15 is 0 Å². The van der Waals surface area contributed by atoms with Gasteiger partial charge in [-0.25, -0.2) is 17.6 Å². The van der Waals surface area contributed by atoms with E-state index in [2.05, 4.69) is 5.32 Å². The topological polar surface area (TPSA) is 92.7 Å². The molecular formula is C16H16FNO5S. The monoisotopic (exact) mass is 353 g/mol. The fourth-order valence-corrected chi connectivity index (χ4v) is 2.93. The number of amides is 1. The Morgan fingerprint density at radius 2 is 1.88 bits per heavy atom. The van der Waals surface area contributed by atoms with Gasteiger partial charge in [0.15, 0.2) is 9.84 Å². The standard InChI is InChI=1S/C16H16FNO5S/c17-14-10-13(24(21,22)9-8-19)6-7-15(14)18-16(20)23-11-12-4-2-1-3-5-12/h1-7,10,19H,8-9,11H2,(H,18,20). The molecule has 0 aliphatic rings. The number of anilines is 1. The highest BCUT2D eigenvalue weighted by Crippen LogP contribution is 2.20. The van der Waals surface area contributed by atoms with Crippen LogP contribution < -0.4 is 5.32 Å². The third-order valence-electron chi connectivity index (χ3n) is 3.11. The normalized spacial score (nSPS) is 11.1. The van der Waals surface area contributed by atoms with Gasteiger partial charge in [-0.05, 0) is 23.8 Å². The Kier molecular flexibility index (Phi) is 5.88. The first kappa shape index (κ1) is 17.9. The van der Waals surface area contributed by atoms with Crippen LogP contribution in [0.3, 0.4) is 0 Å². The van der Waals surface area contributed by atoms with E-state index < -0.39 is 34.1 Å². The molecule has 2 rings (SSSR count). The molecule has 6 nitrogen and oxygen atoms in total. The zero-order valence-corrected chi connectivity index (χ0v) is 13.4. The van der Waals surface area contributed by atoms with Crippen molar-refractivity contribution in [3.8, 4) is 0 Å². The van der Waals surface area contributed by atoms with E-state index in [4.69, 9.17) is 9.84 Å². The van der Waals surface area contributed by atoms with Crippen molar-refractivity contribution in [3.63, 3.8) is 0 Å². The van der Waals surface area contributed by atoms with Crippen LogP contribution in [-0.2, 0) is 21.2 Å². The molecule has 0 aromatic heterocycles. The second-order valence-corrected chi connectivity index (χ2v) is 6.98. The van der Waals surface area contributed by atoms with Gasteiger partial charge in [0.05, 0.1) is 22.9 Å². The summed E-state index contributed by atoms with van der Waals surface area (Å²) in [5.74, 6) is -1.41. The van der Waals surface area contributed by atoms with Gasteiger partial charge in [-0.3, -0.25) is 5.32 Å². The lowest BCUT2D eigenvalue weighted by Gasteiger charge is -2.09. The van der Waals surface area contributed by atoms with Crippen LogP contribution in [0.1, 0.15) is 5.56 Å². The van der Waals surface area contributed by atoms with Crippen LogP contribution in [0.15, 0.2) is 53.4 Å². The van der Waals surface area contributed by atoms with Gasteiger partial charge < -0.3 is 9.84 Å². The predicted octanol–water partition coefficient (Wildman–Crippen LogP) is 2.34. The van der Waals surface area contributed by atoms with Crippen LogP contribution in [0.2, 0.25) is 0 Å². The van der Waals surface area contributed by atoms with Gasteiger partial charge in [-0.2, -0.15) is 0 Å². The molecule has 0 bridgehead atoms. The number of aliphatic hydroxyl groups is 1. The van der Waals surface area contributed by atoms with Crippen LogP contribution in [0.4, 0.5) is 14.9 Å². The molecule has 2 N–H and O–H groups in total. The van der Waals surface area contributed by atoms with Crippen LogP contribution in [0, 0.1) is 5.82 Å². The van der Waals surface area contributed by atoms with Gasteiger partial charge in [0.1, 0.15) is 12.4 Å². The highest BCUT2D eigenvalue weighted by Gasteiger charge is 2.17. The van der Waals surface area contributed by atoms with Crippen LogP contribution in [0.5, 0.6) is 0 Å². The van der Waals surface area contributed by atoms with Crippen molar-refractivity contribution < 1.29 is 27.4 Å². The van der Waals surface area contributed by atoms with Gasteiger partial charge >= 0.3 is 6.09 Å². The molecule has 0 unspecified atom stereocenters. The lowest BCUT2D eigenvalue weighted by molar-refractivity contribution is 0.155. The molecule has 24 heavy (non-hydrogen) atoms. The molecule has 0 atom stereocenters. The molecule has 2 aromatic carbocycles. The van der Waals surface area contributed by atoms with E-state index in [0.29, 0.717) is 0 Å². The molecule has 128 valence electrons. The van der Waals surface area contributed by atoms with Crippen LogP contribution >= 0.6 is 0 Å². The number of benzene rings is 2. The minimum atomic E-state index is -3.76. The third-order valence-corrected chi connectivity index (χ3v) is 4.80. The van der Waals surface area contributed by atoms with Crippen molar-refractivity contribution in [2.45, 2.75) is 11.5 Å². The fourth-order valence-electron chi connectivity index (χ4n) is 1.90. The molecule has 0 aliphatic heterocycles. The lowest BCUT2D eigenvalue weighted by atomic mass is 10.2. The smallest absolute Gasteiger partial charge is 0.412 e. The maximum atomic E-state index is 13.9.